The lowest BCUT2D eigenvalue weighted by molar-refractivity contribution is -0.201. The molecule has 0 spiro atoms. The first-order valence-electron chi connectivity index (χ1n) is 13.8. The molecule has 8 atom stereocenters. The van der Waals surface area contributed by atoms with Gasteiger partial charge in [-0.2, -0.15) is 17.2 Å². The number of rotatable bonds is 7. The molecule has 4 saturated carbocycles. The third kappa shape index (κ3) is 5.47. The van der Waals surface area contributed by atoms with E-state index in [2.05, 4.69) is 6.92 Å². The lowest BCUT2D eigenvalue weighted by Crippen LogP contribution is -2.51. The van der Waals surface area contributed by atoms with Gasteiger partial charge in [-0.1, -0.05) is 26.2 Å². The number of hydrogen-bond donors (Lipinski definition) is 1. The van der Waals surface area contributed by atoms with Crippen molar-refractivity contribution in [2.24, 2.45) is 29.1 Å². The molecule has 1 heterocycles. The summed E-state index contributed by atoms with van der Waals surface area (Å²) in [4.78, 5) is 25.3. The molecule has 5 aliphatic rings. The van der Waals surface area contributed by atoms with Crippen molar-refractivity contribution < 1.29 is 50.3 Å². The van der Waals surface area contributed by atoms with Crippen LogP contribution in [-0.4, -0.2) is 61.4 Å². The van der Waals surface area contributed by atoms with Gasteiger partial charge >= 0.3 is 27.3 Å². The molecular weight excluding hydrogens is 526 g/mol. The number of carbonyl (C=O) groups excluding carboxylic acids is 2. The summed E-state index contributed by atoms with van der Waals surface area (Å²) in [5.74, 6) is -1.52. The fourth-order valence-electron chi connectivity index (χ4n) is 8.11. The normalized spacial score (nSPS) is 41.4. The first-order valence-corrected chi connectivity index (χ1v) is 15.3. The van der Waals surface area contributed by atoms with Crippen molar-refractivity contribution in [1.29, 1.82) is 0 Å². The first-order chi connectivity index (χ1) is 17.8. The van der Waals surface area contributed by atoms with E-state index in [1.165, 1.54) is 12.8 Å². The van der Waals surface area contributed by atoms with Gasteiger partial charge in [-0.25, -0.2) is 4.79 Å². The van der Waals surface area contributed by atoms with Gasteiger partial charge in [-0.15, -0.1) is 0 Å². The Balaban J connectivity index is 1.18. The molecule has 4 bridgehead atoms. The summed E-state index contributed by atoms with van der Waals surface area (Å²) < 4.78 is 81.6. The highest BCUT2D eigenvalue weighted by Gasteiger charge is 2.58. The first kappa shape index (κ1) is 28.2. The van der Waals surface area contributed by atoms with Crippen molar-refractivity contribution in [2.75, 3.05) is 13.2 Å². The van der Waals surface area contributed by atoms with Crippen LogP contribution < -0.4 is 0 Å². The number of alkyl halides is 2. The molecule has 9 nitrogen and oxygen atoms in total. The lowest BCUT2D eigenvalue weighted by Gasteiger charge is -2.48. The molecule has 8 unspecified atom stereocenters. The standard InChI is InChI=1S/C26H38F2O9S/c1-16-8-17-4-2-6-24(10-16,11-17)22(29)35-15-20-14-34-21(36-20)19-9-18-5-3-7-25(12-18,13-19)37-23(30)26(27,28)38(31,32)33/h16-21H,2-15H2,1H3,(H,31,32,33). The van der Waals surface area contributed by atoms with Gasteiger partial charge in [0.05, 0.1) is 12.0 Å². The smallest absolute Gasteiger partial charge is 0.462 e. The van der Waals surface area contributed by atoms with Crippen LogP contribution in [0, 0.1) is 29.1 Å². The Morgan fingerprint density at radius 2 is 1.76 bits per heavy atom. The Bertz CT molecular complexity index is 1030. The fourth-order valence-corrected chi connectivity index (χ4v) is 8.36. The van der Waals surface area contributed by atoms with E-state index in [1.807, 2.05) is 0 Å². The van der Waals surface area contributed by atoms with Gasteiger partial charge in [0.1, 0.15) is 18.3 Å². The number of carbonyl (C=O) groups is 2. The Kier molecular flexibility index (Phi) is 7.58. The number of fused-ring (bicyclic) bond motifs is 4. The highest BCUT2D eigenvalue weighted by Crippen LogP contribution is 2.52. The van der Waals surface area contributed by atoms with Crippen molar-refractivity contribution in [1.82, 2.24) is 0 Å². The molecule has 1 aliphatic heterocycles. The zero-order valence-electron chi connectivity index (χ0n) is 21.7. The second kappa shape index (κ2) is 10.2. The van der Waals surface area contributed by atoms with E-state index in [4.69, 9.17) is 23.5 Å². The van der Waals surface area contributed by atoms with Gasteiger partial charge in [0, 0.05) is 5.92 Å². The van der Waals surface area contributed by atoms with Gasteiger partial charge in [0.2, 0.25) is 0 Å². The Labute approximate surface area is 222 Å². The van der Waals surface area contributed by atoms with Gasteiger partial charge in [-0.05, 0) is 75.5 Å². The third-order valence-corrected chi connectivity index (χ3v) is 10.3. The molecule has 38 heavy (non-hydrogen) atoms. The third-order valence-electron chi connectivity index (χ3n) is 9.46. The second-order valence-electron chi connectivity index (χ2n) is 12.6. The monoisotopic (exact) mass is 564 g/mol. The molecule has 4 aliphatic carbocycles. The molecule has 5 rings (SSSR count). The molecule has 1 saturated heterocycles. The minimum Gasteiger partial charge on any atom is -0.462 e. The summed E-state index contributed by atoms with van der Waals surface area (Å²) in [6.45, 7) is 2.50. The molecular formula is C26H38F2O9S. The van der Waals surface area contributed by atoms with Crippen molar-refractivity contribution in [2.45, 2.75) is 107 Å². The SMILES string of the molecule is CC1CC2CCCC(C(=O)OCC3COC(C4CC5CCCC(OC(=O)C(F)(F)S(=O)(=O)O)(C5)C4)O3)(C1)C2. The lowest BCUT2D eigenvalue weighted by atomic mass is 9.59. The summed E-state index contributed by atoms with van der Waals surface area (Å²) in [7, 11) is -5.95. The van der Waals surface area contributed by atoms with E-state index in [9.17, 15) is 26.8 Å². The van der Waals surface area contributed by atoms with E-state index < -0.39 is 44.8 Å². The van der Waals surface area contributed by atoms with Crippen LogP contribution in [0.1, 0.15) is 84.0 Å². The van der Waals surface area contributed by atoms with E-state index >= 15 is 0 Å². The van der Waals surface area contributed by atoms with Crippen LogP contribution in [0.2, 0.25) is 0 Å². The van der Waals surface area contributed by atoms with Gasteiger partial charge in [0.15, 0.2) is 6.29 Å². The van der Waals surface area contributed by atoms with Crippen molar-refractivity contribution in [3.05, 3.63) is 0 Å². The molecule has 0 aromatic carbocycles. The van der Waals surface area contributed by atoms with Crippen LogP contribution in [0.25, 0.3) is 0 Å². The van der Waals surface area contributed by atoms with Crippen molar-refractivity contribution in [3.63, 3.8) is 0 Å². The zero-order valence-corrected chi connectivity index (χ0v) is 22.6. The van der Waals surface area contributed by atoms with E-state index in [-0.39, 0.29) is 37.4 Å². The molecule has 1 N–H and O–H groups in total. The summed E-state index contributed by atoms with van der Waals surface area (Å²) in [5.41, 5.74) is -1.68. The molecule has 0 aromatic rings. The number of ether oxygens (including phenoxy) is 4. The Morgan fingerprint density at radius 3 is 2.50 bits per heavy atom. The van der Waals surface area contributed by atoms with Gasteiger partial charge in [-0.3, -0.25) is 9.35 Å². The van der Waals surface area contributed by atoms with Gasteiger partial charge < -0.3 is 18.9 Å². The second-order valence-corrected chi connectivity index (χ2v) is 14.0. The van der Waals surface area contributed by atoms with Crippen LogP contribution in [0.15, 0.2) is 0 Å². The predicted molar refractivity (Wildman–Crippen MR) is 128 cm³/mol. The average molecular weight is 565 g/mol. The summed E-state index contributed by atoms with van der Waals surface area (Å²) in [6.07, 6.45) is 7.84. The van der Waals surface area contributed by atoms with E-state index in [0.717, 1.165) is 32.1 Å². The van der Waals surface area contributed by atoms with Crippen LogP contribution in [0.5, 0.6) is 0 Å². The number of halogens is 2. The van der Waals surface area contributed by atoms with E-state index in [1.54, 1.807) is 0 Å². The maximum Gasteiger partial charge on any atom is 0.465 e. The molecule has 0 radical (unpaired) electrons. The van der Waals surface area contributed by atoms with Gasteiger partial charge in [0.25, 0.3) is 0 Å². The zero-order chi connectivity index (χ0) is 27.3. The summed E-state index contributed by atoms with van der Waals surface area (Å²) >= 11 is 0. The molecule has 12 heteroatoms. The summed E-state index contributed by atoms with van der Waals surface area (Å²) in [5, 5.41) is -5.04. The predicted octanol–water partition coefficient (Wildman–Crippen LogP) is 4.24. The Morgan fingerprint density at radius 1 is 1.05 bits per heavy atom. The minimum atomic E-state index is -5.95. The highest BCUT2D eigenvalue weighted by atomic mass is 32.2. The number of hydrogen-bond acceptors (Lipinski definition) is 8. The van der Waals surface area contributed by atoms with Crippen molar-refractivity contribution in [3.8, 4) is 0 Å². The molecule has 0 amide bonds. The van der Waals surface area contributed by atoms with Crippen LogP contribution in [-0.2, 0) is 38.7 Å². The fraction of sp³-hybridized carbons (Fsp3) is 0.923. The maximum absolute atomic E-state index is 13.9. The van der Waals surface area contributed by atoms with E-state index in [0.29, 0.717) is 37.5 Å². The molecule has 216 valence electrons. The average Bonchev–Trinajstić information content (AvgIpc) is 3.30. The quantitative estimate of drug-likeness (QED) is 0.357. The van der Waals surface area contributed by atoms with Crippen LogP contribution in [0.4, 0.5) is 8.78 Å². The largest absolute Gasteiger partial charge is 0.465 e. The Hall–Kier alpha value is -1.37. The van der Waals surface area contributed by atoms with Crippen LogP contribution >= 0.6 is 0 Å². The summed E-state index contributed by atoms with van der Waals surface area (Å²) in [6, 6.07) is 0. The van der Waals surface area contributed by atoms with Crippen molar-refractivity contribution >= 4 is 22.1 Å². The maximum atomic E-state index is 13.9. The molecule has 5 fully saturated rings. The minimum absolute atomic E-state index is 0.0744. The highest BCUT2D eigenvalue weighted by molar-refractivity contribution is 7.87. The number of esters is 2. The topological polar surface area (TPSA) is 125 Å². The molecule has 0 aromatic heterocycles. The van der Waals surface area contributed by atoms with Crippen LogP contribution in [0.3, 0.4) is 0 Å².